The van der Waals surface area contributed by atoms with Crippen LogP contribution >= 0.6 is 22.7 Å². The third kappa shape index (κ3) is 5.09. The first kappa shape index (κ1) is 20.3. The minimum absolute atomic E-state index is 0.0261. The minimum Gasteiger partial charge on any atom is -0.466 e. The fourth-order valence-corrected chi connectivity index (χ4v) is 5.70. The molecule has 0 saturated carbocycles. The molecule has 0 spiro atoms. The van der Waals surface area contributed by atoms with E-state index in [-0.39, 0.29) is 11.9 Å². The number of nitrogens with zero attached hydrogens (tertiary/aromatic N) is 1. The predicted molar refractivity (Wildman–Crippen MR) is 116 cm³/mol. The van der Waals surface area contributed by atoms with Crippen molar-refractivity contribution in [3.05, 3.63) is 49.9 Å². The van der Waals surface area contributed by atoms with Crippen molar-refractivity contribution >= 4 is 34.2 Å². The lowest BCUT2D eigenvalue weighted by Crippen LogP contribution is -2.39. The topological polar surface area (TPSA) is 29.5 Å². The van der Waals surface area contributed by atoms with E-state index in [4.69, 9.17) is 4.74 Å². The molecule has 1 atom stereocenters. The molecule has 0 aliphatic carbocycles. The molecule has 1 fully saturated rings. The van der Waals surface area contributed by atoms with E-state index in [1.54, 1.807) is 0 Å². The minimum atomic E-state index is -0.0261. The molecule has 1 aliphatic heterocycles. The summed E-state index contributed by atoms with van der Waals surface area (Å²) in [5, 5.41) is 4.35. The van der Waals surface area contributed by atoms with Crippen LogP contribution in [0.15, 0.2) is 29.0 Å². The highest BCUT2D eigenvalue weighted by Crippen LogP contribution is 2.35. The Kier molecular flexibility index (Phi) is 7.27. The van der Waals surface area contributed by atoms with Crippen LogP contribution < -0.4 is 0 Å². The van der Waals surface area contributed by atoms with Gasteiger partial charge in [0.05, 0.1) is 12.5 Å². The highest BCUT2D eigenvalue weighted by Gasteiger charge is 2.26. The third-order valence-corrected chi connectivity index (χ3v) is 7.23. The Morgan fingerprint density at radius 1 is 1.22 bits per heavy atom. The third-order valence-electron chi connectivity index (χ3n) is 5.13. The van der Waals surface area contributed by atoms with Crippen LogP contribution in [0.3, 0.4) is 0 Å². The molecule has 146 valence electrons. The standard InChI is InChI=1S/C22H29NO2S2/c1-4-25-22(24)18-7-5-11-23(15-18)12-6-8-19(20-16(2)9-13-26-20)21-17(3)10-14-27-21/h8-10,13-14,18H,4-7,11-12,15H2,1-3H3. The quantitative estimate of drug-likeness (QED) is 0.570. The fourth-order valence-electron chi connectivity index (χ4n) is 3.69. The molecule has 1 aliphatic rings. The van der Waals surface area contributed by atoms with Gasteiger partial charge < -0.3 is 9.64 Å². The normalized spacial score (nSPS) is 17.7. The van der Waals surface area contributed by atoms with E-state index < -0.39 is 0 Å². The van der Waals surface area contributed by atoms with E-state index >= 15 is 0 Å². The number of piperidine rings is 1. The van der Waals surface area contributed by atoms with Crippen LogP contribution in [0.4, 0.5) is 0 Å². The second-order valence-electron chi connectivity index (χ2n) is 7.16. The van der Waals surface area contributed by atoms with Crippen LogP contribution in [0, 0.1) is 19.8 Å². The summed E-state index contributed by atoms with van der Waals surface area (Å²) in [5.74, 6) is 0.0167. The average molecular weight is 404 g/mol. The van der Waals surface area contributed by atoms with E-state index in [0.717, 1.165) is 38.9 Å². The number of hydrogen-bond acceptors (Lipinski definition) is 5. The van der Waals surface area contributed by atoms with E-state index in [1.807, 2.05) is 29.6 Å². The molecule has 2 aromatic heterocycles. The summed E-state index contributed by atoms with van der Waals surface area (Å²) in [4.78, 5) is 17.2. The largest absolute Gasteiger partial charge is 0.466 e. The first-order valence-corrected chi connectivity index (χ1v) is 11.5. The number of likely N-dealkylation sites (tertiary alicyclic amines) is 1. The van der Waals surface area contributed by atoms with Crippen molar-refractivity contribution in [1.82, 2.24) is 4.90 Å². The Bertz CT molecular complexity index is 748. The van der Waals surface area contributed by atoms with Gasteiger partial charge in [0, 0.05) is 28.4 Å². The highest BCUT2D eigenvalue weighted by atomic mass is 32.1. The molecule has 5 heteroatoms. The molecule has 3 rings (SSSR count). The van der Waals surface area contributed by atoms with Gasteiger partial charge in [-0.3, -0.25) is 4.79 Å². The van der Waals surface area contributed by atoms with Crippen LogP contribution in [0.2, 0.25) is 0 Å². The van der Waals surface area contributed by atoms with Gasteiger partial charge in [-0.05, 0) is 80.6 Å². The maximum absolute atomic E-state index is 12.1. The van der Waals surface area contributed by atoms with Crippen molar-refractivity contribution < 1.29 is 9.53 Å². The Labute approximate surface area is 170 Å². The number of hydrogen-bond donors (Lipinski definition) is 0. The van der Waals surface area contributed by atoms with Crippen LogP contribution in [0.5, 0.6) is 0 Å². The van der Waals surface area contributed by atoms with E-state index in [0.29, 0.717) is 6.61 Å². The fraction of sp³-hybridized carbons (Fsp3) is 0.500. The zero-order chi connectivity index (χ0) is 19.2. The van der Waals surface area contributed by atoms with Gasteiger partial charge >= 0.3 is 5.97 Å². The molecule has 0 N–H and O–H groups in total. The lowest BCUT2D eigenvalue weighted by Gasteiger charge is -2.31. The Hall–Kier alpha value is -1.43. The van der Waals surface area contributed by atoms with Gasteiger partial charge in [0.1, 0.15) is 0 Å². The number of ether oxygens (including phenoxy) is 1. The first-order valence-electron chi connectivity index (χ1n) is 9.78. The number of rotatable bonds is 7. The second-order valence-corrected chi connectivity index (χ2v) is 9.00. The van der Waals surface area contributed by atoms with Crippen molar-refractivity contribution in [2.24, 2.45) is 5.92 Å². The molecule has 0 aromatic carbocycles. The zero-order valence-corrected chi connectivity index (χ0v) is 18.1. The molecule has 0 radical (unpaired) electrons. The van der Waals surface area contributed by atoms with Crippen LogP contribution in [0.25, 0.3) is 5.57 Å². The highest BCUT2D eigenvalue weighted by molar-refractivity contribution is 7.14. The number of aryl methyl sites for hydroxylation is 2. The lowest BCUT2D eigenvalue weighted by molar-refractivity contribution is -0.149. The van der Waals surface area contributed by atoms with Gasteiger partial charge in [-0.2, -0.15) is 0 Å². The summed E-state index contributed by atoms with van der Waals surface area (Å²) in [7, 11) is 0. The number of thiophene rings is 2. The number of esters is 1. The van der Waals surface area contributed by atoms with E-state index in [1.165, 1.54) is 26.5 Å². The smallest absolute Gasteiger partial charge is 0.310 e. The van der Waals surface area contributed by atoms with Gasteiger partial charge in [-0.1, -0.05) is 6.08 Å². The SMILES string of the molecule is CCOC(=O)C1CCCN(CCC=C(c2sccc2C)c2sccc2C)C1. The zero-order valence-electron chi connectivity index (χ0n) is 16.5. The maximum Gasteiger partial charge on any atom is 0.310 e. The molecular weight excluding hydrogens is 374 g/mol. The van der Waals surface area contributed by atoms with E-state index in [2.05, 4.69) is 47.7 Å². The molecule has 3 heterocycles. The van der Waals surface area contributed by atoms with Crippen molar-refractivity contribution in [3.8, 4) is 0 Å². The molecule has 0 amide bonds. The molecule has 1 saturated heterocycles. The van der Waals surface area contributed by atoms with Crippen LogP contribution in [-0.2, 0) is 9.53 Å². The summed E-state index contributed by atoms with van der Waals surface area (Å²) < 4.78 is 5.22. The van der Waals surface area contributed by atoms with Gasteiger partial charge in [0.15, 0.2) is 0 Å². The molecule has 3 nitrogen and oxygen atoms in total. The Balaban J connectivity index is 1.68. The molecule has 27 heavy (non-hydrogen) atoms. The van der Waals surface area contributed by atoms with Crippen molar-refractivity contribution in [2.45, 2.75) is 40.0 Å². The van der Waals surface area contributed by atoms with Gasteiger partial charge in [-0.15, -0.1) is 22.7 Å². The number of carbonyl (C=O) groups is 1. The molecular formula is C22H29NO2S2. The lowest BCUT2D eigenvalue weighted by atomic mass is 9.98. The number of carbonyl (C=O) groups excluding carboxylic acids is 1. The van der Waals surface area contributed by atoms with Crippen molar-refractivity contribution in [1.29, 1.82) is 0 Å². The predicted octanol–water partition coefficient (Wildman–Crippen LogP) is 5.52. The summed E-state index contributed by atoms with van der Waals surface area (Å²) in [5.41, 5.74) is 4.06. The molecule has 0 bridgehead atoms. The summed E-state index contributed by atoms with van der Waals surface area (Å²) in [6, 6.07) is 4.40. The average Bonchev–Trinajstić information content (AvgIpc) is 3.28. The first-order chi connectivity index (χ1) is 13.1. The molecule has 2 aromatic rings. The van der Waals surface area contributed by atoms with Crippen LogP contribution in [-0.4, -0.2) is 37.1 Å². The second kappa shape index (κ2) is 9.67. The van der Waals surface area contributed by atoms with Crippen LogP contribution in [0.1, 0.15) is 47.1 Å². The Morgan fingerprint density at radius 3 is 2.44 bits per heavy atom. The Morgan fingerprint density at radius 2 is 1.89 bits per heavy atom. The summed E-state index contributed by atoms with van der Waals surface area (Å²) in [6.45, 7) is 9.64. The van der Waals surface area contributed by atoms with Crippen molar-refractivity contribution in [2.75, 3.05) is 26.2 Å². The monoisotopic (exact) mass is 403 g/mol. The summed E-state index contributed by atoms with van der Waals surface area (Å²) in [6.07, 6.45) is 5.43. The van der Waals surface area contributed by atoms with Gasteiger partial charge in [-0.25, -0.2) is 0 Å². The van der Waals surface area contributed by atoms with Gasteiger partial charge in [0.25, 0.3) is 0 Å². The summed E-state index contributed by atoms with van der Waals surface area (Å²) >= 11 is 3.65. The molecule has 1 unspecified atom stereocenters. The van der Waals surface area contributed by atoms with Crippen molar-refractivity contribution in [3.63, 3.8) is 0 Å². The van der Waals surface area contributed by atoms with E-state index in [9.17, 15) is 4.79 Å². The maximum atomic E-state index is 12.1. The van der Waals surface area contributed by atoms with Gasteiger partial charge in [0.2, 0.25) is 0 Å².